The first-order valence-corrected chi connectivity index (χ1v) is 14.2. The summed E-state index contributed by atoms with van der Waals surface area (Å²) in [6, 6.07) is 10.2. The minimum absolute atomic E-state index is 0.0402. The molecule has 0 radical (unpaired) electrons. The number of nitrogens with one attached hydrogen (secondary N) is 1. The lowest BCUT2D eigenvalue weighted by atomic mass is 9.92. The highest BCUT2D eigenvalue weighted by atomic mass is 16.9. The van der Waals surface area contributed by atoms with Gasteiger partial charge in [0, 0.05) is 13.0 Å². The number of methoxy groups -OCH3 is 2. The van der Waals surface area contributed by atoms with Crippen molar-refractivity contribution >= 4 is 17.8 Å². The van der Waals surface area contributed by atoms with Gasteiger partial charge in [0.15, 0.2) is 11.5 Å². The molecule has 2 aromatic rings. The molecule has 1 aliphatic heterocycles. The van der Waals surface area contributed by atoms with Crippen molar-refractivity contribution in [2.75, 3.05) is 27.4 Å². The molecule has 3 unspecified atom stereocenters. The molecule has 1 aliphatic rings. The minimum Gasteiger partial charge on any atom is -0.493 e. The number of benzene rings is 2. The van der Waals surface area contributed by atoms with E-state index < -0.39 is 41.1 Å². The maximum atomic E-state index is 13.8. The standard InChI is InChI=1S/C30H39N3O10/c1-20(31-24(29(35)36)13-12-21-10-6-4-7-11-21)28(34)32-19-23-18-27(41-3)26(40-2)17-22(23)16-25(32)30(37)42-14-8-5-9-15-43-33(38)39/h4,6-7,10-11,17-18,20,24-25,31H,5,8-9,12-16,19H2,1-3H3,(H,35,36). The zero-order valence-electron chi connectivity index (χ0n) is 24.7. The van der Waals surface area contributed by atoms with Crippen LogP contribution in [0.3, 0.4) is 0 Å². The van der Waals surface area contributed by atoms with E-state index in [-0.39, 0.29) is 32.6 Å². The van der Waals surface area contributed by atoms with Gasteiger partial charge >= 0.3 is 11.9 Å². The number of esters is 1. The predicted octanol–water partition coefficient (Wildman–Crippen LogP) is 2.94. The molecule has 0 saturated carbocycles. The lowest BCUT2D eigenvalue weighted by Gasteiger charge is -2.37. The Labute approximate surface area is 250 Å². The van der Waals surface area contributed by atoms with Crippen molar-refractivity contribution in [1.29, 1.82) is 0 Å². The summed E-state index contributed by atoms with van der Waals surface area (Å²) in [4.78, 5) is 55.1. The van der Waals surface area contributed by atoms with Crippen LogP contribution in [0.5, 0.6) is 11.5 Å². The van der Waals surface area contributed by atoms with Gasteiger partial charge in [0.25, 0.3) is 5.09 Å². The van der Waals surface area contributed by atoms with E-state index in [0.717, 1.165) is 16.7 Å². The summed E-state index contributed by atoms with van der Waals surface area (Å²) in [5.74, 6) is -1.14. The van der Waals surface area contributed by atoms with Gasteiger partial charge in [0.2, 0.25) is 5.91 Å². The van der Waals surface area contributed by atoms with Crippen molar-refractivity contribution in [1.82, 2.24) is 10.2 Å². The van der Waals surface area contributed by atoms with Crippen LogP contribution in [0, 0.1) is 10.1 Å². The van der Waals surface area contributed by atoms with Crippen molar-refractivity contribution < 1.29 is 43.6 Å². The maximum Gasteiger partial charge on any atom is 0.329 e. The number of hydrogen-bond acceptors (Lipinski definition) is 10. The van der Waals surface area contributed by atoms with Crippen molar-refractivity contribution in [3.05, 3.63) is 69.3 Å². The van der Waals surface area contributed by atoms with Crippen LogP contribution < -0.4 is 14.8 Å². The van der Waals surface area contributed by atoms with Crippen molar-refractivity contribution in [2.24, 2.45) is 0 Å². The fourth-order valence-corrected chi connectivity index (χ4v) is 5.00. The van der Waals surface area contributed by atoms with Gasteiger partial charge in [-0.2, -0.15) is 0 Å². The third-order valence-corrected chi connectivity index (χ3v) is 7.31. The number of hydrogen-bond donors (Lipinski definition) is 2. The number of nitrogens with zero attached hydrogens (tertiary/aromatic N) is 2. The zero-order valence-corrected chi connectivity index (χ0v) is 24.7. The Balaban J connectivity index is 1.73. The van der Waals surface area contributed by atoms with Gasteiger partial charge in [-0.25, -0.2) is 4.79 Å². The van der Waals surface area contributed by atoms with Crippen LogP contribution in [0.25, 0.3) is 0 Å². The molecule has 1 amide bonds. The largest absolute Gasteiger partial charge is 0.493 e. The fraction of sp³-hybridized carbons (Fsp3) is 0.500. The SMILES string of the molecule is COc1cc2c(cc1OC)CN(C(=O)C(C)NC(CCc1ccccc1)C(=O)O)C(C(=O)OCCCCCO[N+](=O)[O-])C2. The molecule has 13 nitrogen and oxygen atoms in total. The quantitative estimate of drug-likeness (QED) is 0.118. The van der Waals surface area contributed by atoms with Crippen LogP contribution in [0.4, 0.5) is 0 Å². The third kappa shape index (κ3) is 9.57. The molecule has 3 rings (SSSR count). The summed E-state index contributed by atoms with van der Waals surface area (Å²) in [6.07, 6.45) is 2.40. The van der Waals surface area contributed by atoms with E-state index in [1.165, 1.54) is 19.1 Å². The molecule has 0 fully saturated rings. The van der Waals surface area contributed by atoms with Gasteiger partial charge in [0.05, 0.1) is 33.5 Å². The number of ether oxygens (including phenoxy) is 3. The number of carbonyl (C=O) groups is 3. The number of aliphatic carboxylic acids is 1. The lowest BCUT2D eigenvalue weighted by Crippen LogP contribution is -2.56. The van der Waals surface area contributed by atoms with Gasteiger partial charge in [0.1, 0.15) is 12.1 Å². The summed E-state index contributed by atoms with van der Waals surface area (Å²) >= 11 is 0. The zero-order chi connectivity index (χ0) is 31.4. The van der Waals surface area contributed by atoms with Gasteiger partial charge in [-0.3, -0.25) is 14.9 Å². The first-order valence-electron chi connectivity index (χ1n) is 14.2. The van der Waals surface area contributed by atoms with Crippen LogP contribution in [0.1, 0.15) is 49.3 Å². The Bertz CT molecular complexity index is 1260. The molecule has 0 aromatic heterocycles. The second-order valence-corrected chi connectivity index (χ2v) is 10.3. The Hall–Kier alpha value is -4.39. The number of carboxylic acids is 1. The number of aryl methyl sites for hydroxylation is 1. The maximum absolute atomic E-state index is 13.8. The Morgan fingerprint density at radius 3 is 2.33 bits per heavy atom. The number of carboxylic acid groups (broad SMARTS) is 1. The molecule has 0 spiro atoms. The molecule has 1 heterocycles. The third-order valence-electron chi connectivity index (χ3n) is 7.31. The Morgan fingerprint density at radius 2 is 1.70 bits per heavy atom. The highest BCUT2D eigenvalue weighted by Crippen LogP contribution is 2.35. The average Bonchev–Trinajstić information content (AvgIpc) is 3.00. The van der Waals surface area contributed by atoms with E-state index in [1.807, 2.05) is 30.3 Å². The number of unbranched alkanes of at least 4 members (excludes halogenated alkanes) is 2. The average molecular weight is 602 g/mol. The molecule has 0 aliphatic carbocycles. The van der Waals surface area contributed by atoms with E-state index in [0.29, 0.717) is 37.2 Å². The number of fused-ring (bicyclic) bond motifs is 1. The van der Waals surface area contributed by atoms with E-state index in [1.54, 1.807) is 19.1 Å². The van der Waals surface area contributed by atoms with Crippen molar-refractivity contribution in [2.45, 2.75) is 70.1 Å². The Morgan fingerprint density at radius 1 is 1.05 bits per heavy atom. The minimum atomic E-state index is -1.07. The second-order valence-electron chi connectivity index (χ2n) is 10.3. The van der Waals surface area contributed by atoms with Crippen molar-refractivity contribution in [3.63, 3.8) is 0 Å². The highest BCUT2D eigenvalue weighted by molar-refractivity contribution is 5.89. The number of carbonyl (C=O) groups excluding carboxylic acids is 2. The first kappa shape index (κ1) is 33.1. The smallest absolute Gasteiger partial charge is 0.329 e. The van der Waals surface area contributed by atoms with Crippen LogP contribution >= 0.6 is 0 Å². The van der Waals surface area contributed by atoms with E-state index >= 15 is 0 Å². The van der Waals surface area contributed by atoms with Crippen LogP contribution in [0.15, 0.2) is 42.5 Å². The summed E-state index contributed by atoms with van der Waals surface area (Å²) in [6.45, 7) is 1.70. The highest BCUT2D eigenvalue weighted by Gasteiger charge is 2.38. The van der Waals surface area contributed by atoms with Crippen molar-refractivity contribution in [3.8, 4) is 11.5 Å². The topological polar surface area (TPSA) is 167 Å². The predicted molar refractivity (Wildman–Crippen MR) is 154 cm³/mol. The molecule has 2 N–H and O–H groups in total. The first-order chi connectivity index (χ1) is 20.6. The molecule has 3 atom stereocenters. The number of amides is 1. The van der Waals surface area contributed by atoms with Crippen LogP contribution in [-0.2, 0) is 43.3 Å². The molecular weight excluding hydrogens is 562 g/mol. The molecule has 13 heteroatoms. The molecule has 43 heavy (non-hydrogen) atoms. The van der Waals surface area contributed by atoms with Gasteiger partial charge < -0.3 is 29.1 Å². The molecule has 2 aromatic carbocycles. The van der Waals surface area contributed by atoms with E-state index in [4.69, 9.17) is 14.2 Å². The fourth-order valence-electron chi connectivity index (χ4n) is 5.00. The van der Waals surface area contributed by atoms with Gasteiger partial charge in [-0.15, -0.1) is 10.1 Å². The van der Waals surface area contributed by atoms with E-state index in [2.05, 4.69) is 10.2 Å². The summed E-state index contributed by atoms with van der Waals surface area (Å²) in [5, 5.41) is 22.2. The summed E-state index contributed by atoms with van der Waals surface area (Å²) in [7, 11) is 3.02. The second kappa shape index (κ2) is 16.3. The van der Waals surface area contributed by atoms with Crippen LogP contribution in [0.2, 0.25) is 0 Å². The summed E-state index contributed by atoms with van der Waals surface area (Å²) < 4.78 is 16.4. The molecule has 0 saturated heterocycles. The number of rotatable bonds is 17. The molecule has 234 valence electrons. The van der Waals surface area contributed by atoms with Gasteiger partial charge in [-0.1, -0.05) is 30.3 Å². The molecule has 0 bridgehead atoms. The Kier molecular flexibility index (Phi) is 12.6. The summed E-state index contributed by atoms with van der Waals surface area (Å²) in [5.41, 5.74) is 2.55. The lowest BCUT2D eigenvalue weighted by molar-refractivity contribution is -0.757. The van der Waals surface area contributed by atoms with E-state index in [9.17, 15) is 29.6 Å². The molecular formula is C30H39N3O10. The monoisotopic (exact) mass is 601 g/mol. The van der Waals surface area contributed by atoms with Gasteiger partial charge in [-0.05, 0) is 67.9 Å². The normalized spacial score (nSPS) is 15.5. The van der Waals surface area contributed by atoms with Crippen LogP contribution in [-0.4, -0.2) is 78.5 Å².